The summed E-state index contributed by atoms with van der Waals surface area (Å²) in [6.45, 7) is 9.68. The van der Waals surface area contributed by atoms with Crippen LogP contribution in [0, 0.1) is 20.8 Å². The Morgan fingerprint density at radius 2 is 1.57 bits per heavy atom. The first-order valence-corrected chi connectivity index (χ1v) is 7.88. The molecule has 1 N–H and O–H groups in total. The van der Waals surface area contributed by atoms with Crippen LogP contribution in [0.25, 0.3) is 0 Å². The van der Waals surface area contributed by atoms with Crippen molar-refractivity contribution in [1.29, 1.82) is 0 Å². The fourth-order valence-electron chi connectivity index (χ4n) is 2.54. The molecule has 0 aliphatic rings. The summed E-state index contributed by atoms with van der Waals surface area (Å²) in [5, 5.41) is 4.41. The maximum Gasteiger partial charge on any atom is 0.0406 e. The van der Waals surface area contributed by atoms with Crippen LogP contribution in [0.4, 0.5) is 0 Å². The fraction of sp³-hybridized carbons (Fsp3) is 0.368. The van der Waals surface area contributed by atoms with Gasteiger partial charge >= 0.3 is 0 Å². The number of nitrogens with one attached hydrogen (secondary N) is 1. The molecule has 0 heterocycles. The van der Waals surface area contributed by atoms with Crippen LogP contribution in [0.3, 0.4) is 0 Å². The molecule has 0 spiro atoms. The van der Waals surface area contributed by atoms with E-state index in [9.17, 15) is 0 Å². The Bertz CT molecular complexity index is 602. The van der Waals surface area contributed by atoms with Gasteiger partial charge in [-0.1, -0.05) is 35.9 Å². The number of hydrogen-bond donors (Lipinski definition) is 1. The van der Waals surface area contributed by atoms with E-state index in [1.807, 2.05) is 12.1 Å². The highest BCUT2D eigenvalue weighted by molar-refractivity contribution is 6.30. The SMILES string of the molecule is Cc1cc(C)c(CNC(C)Cc2ccc(Cl)cc2)cc1C. The zero-order valence-electron chi connectivity index (χ0n) is 13.3. The van der Waals surface area contributed by atoms with Gasteiger partial charge in [-0.2, -0.15) is 0 Å². The van der Waals surface area contributed by atoms with Crippen LogP contribution >= 0.6 is 11.6 Å². The summed E-state index contributed by atoms with van der Waals surface area (Å²) < 4.78 is 0. The van der Waals surface area contributed by atoms with Gasteiger partial charge in [-0.25, -0.2) is 0 Å². The lowest BCUT2D eigenvalue weighted by molar-refractivity contribution is 0.544. The molecule has 2 aromatic rings. The largest absolute Gasteiger partial charge is 0.310 e. The van der Waals surface area contributed by atoms with Crippen molar-refractivity contribution in [3.05, 3.63) is 69.2 Å². The molecule has 0 aliphatic carbocycles. The summed E-state index contributed by atoms with van der Waals surface area (Å²) in [6.07, 6.45) is 1.01. The van der Waals surface area contributed by atoms with Crippen molar-refractivity contribution in [2.24, 2.45) is 0 Å². The molecular weight excluding hydrogens is 278 g/mol. The van der Waals surface area contributed by atoms with Gasteiger partial charge in [0.1, 0.15) is 0 Å². The van der Waals surface area contributed by atoms with Gasteiger partial charge in [0.2, 0.25) is 0 Å². The van der Waals surface area contributed by atoms with E-state index in [2.05, 4.69) is 57.3 Å². The minimum absolute atomic E-state index is 0.437. The number of benzene rings is 2. The normalized spacial score (nSPS) is 12.4. The fourth-order valence-corrected chi connectivity index (χ4v) is 2.67. The van der Waals surface area contributed by atoms with Gasteiger partial charge in [-0.3, -0.25) is 0 Å². The van der Waals surface area contributed by atoms with Gasteiger partial charge in [0.05, 0.1) is 0 Å². The molecule has 1 unspecified atom stereocenters. The van der Waals surface area contributed by atoms with Crippen molar-refractivity contribution < 1.29 is 0 Å². The zero-order valence-corrected chi connectivity index (χ0v) is 14.1. The Labute approximate surface area is 133 Å². The van der Waals surface area contributed by atoms with Crippen LogP contribution in [0.1, 0.15) is 34.7 Å². The number of aryl methyl sites for hydroxylation is 3. The highest BCUT2D eigenvalue weighted by Gasteiger charge is 2.06. The molecule has 1 atom stereocenters. The Morgan fingerprint density at radius 3 is 2.24 bits per heavy atom. The second-order valence-electron chi connectivity index (χ2n) is 5.98. The van der Waals surface area contributed by atoms with Gasteiger partial charge in [-0.05, 0) is 74.1 Å². The summed E-state index contributed by atoms with van der Waals surface area (Å²) in [6, 6.07) is 13.1. The molecule has 0 fully saturated rings. The van der Waals surface area contributed by atoms with E-state index in [0.717, 1.165) is 18.0 Å². The van der Waals surface area contributed by atoms with Crippen molar-refractivity contribution in [1.82, 2.24) is 5.32 Å². The summed E-state index contributed by atoms with van der Waals surface area (Å²) >= 11 is 5.92. The number of hydrogen-bond acceptors (Lipinski definition) is 1. The van der Waals surface area contributed by atoms with Crippen LogP contribution in [0.5, 0.6) is 0 Å². The second kappa shape index (κ2) is 7.11. The monoisotopic (exact) mass is 301 g/mol. The molecule has 2 rings (SSSR count). The third-order valence-electron chi connectivity index (χ3n) is 4.05. The first kappa shape index (κ1) is 16.1. The molecule has 2 aromatic carbocycles. The van der Waals surface area contributed by atoms with Crippen LogP contribution in [-0.2, 0) is 13.0 Å². The third kappa shape index (κ3) is 4.59. The highest BCUT2D eigenvalue weighted by Crippen LogP contribution is 2.16. The van der Waals surface area contributed by atoms with Crippen molar-refractivity contribution in [3.8, 4) is 0 Å². The quantitative estimate of drug-likeness (QED) is 0.820. The minimum Gasteiger partial charge on any atom is -0.310 e. The molecule has 0 amide bonds. The Hall–Kier alpha value is -1.31. The van der Waals surface area contributed by atoms with Crippen LogP contribution in [0.2, 0.25) is 5.02 Å². The van der Waals surface area contributed by atoms with E-state index >= 15 is 0 Å². The maximum absolute atomic E-state index is 5.92. The second-order valence-corrected chi connectivity index (χ2v) is 6.41. The molecule has 112 valence electrons. The van der Waals surface area contributed by atoms with Crippen molar-refractivity contribution in [2.75, 3.05) is 0 Å². The van der Waals surface area contributed by atoms with Crippen LogP contribution in [-0.4, -0.2) is 6.04 Å². The molecule has 0 aliphatic heterocycles. The average Bonchev–Trinajstić information content (AvgIpc) is 2.44. The lowest BCUT2D eigenvalue weighted by Gasteiger charge is -2.16. The molecule has 0 radical (unpaired) electrons. The molecule has 0 saturated carbocycles. The van der Waals surface area contributed by atoms with Crippen molar-refractivity contribution >= 4 is 11.6 Å². The standard InChI is InChI=1S/C19H24ClN/c1-13-9-15(3)18(10-14(13)2)12-21-16(4)11-17-5-7-19(20)8-6-17/h5-10,16,21H,11-12H2,1-4H3. The lowest BCUT2D eigenvalue weighted by atomic mass is 10.0. The summed E-state index contributed by atoms with van der Waals surface area (Å²) in [5.74, 6) is 0. The molecular formula is C19H24ClN. The molecule has 1 nitrogen and oxygen atoms in total. The van der Waals surface area contributed by atoms with Gasteiger partial charge in [0.15, 0.2) is 0 Å². The predicted octanol–water partition coefficient (Wildman–Crippen LogP) is 4.99. The zero-order chi connectivity index (χ0) is 15.4. The van der Waals surface area contributed by atoms with E-state index in [-0.39, 0.29) is 0 Å². The van der Waals surface area contributed by atoms with Gasteiger partial charge in [0.25, 0.3) is 0 Å². The third-order valence-corrected chi connectivity index (χ3v) is 4.30. The van der Waals surface area contributed by atoms with Gasteiger partial charge < -0.3 is 5.32 Å². The smallest absolute Gasteiger partial charge is 0.0406 e. The van der Waals surface area contributed by atoms with E-state index in [4.69, 9.17) is 11.6 Å². The van der Waals surface area contributed by atoms with Crippen LogP contribution < -0.4 is 5.32 Å². The molecule has 0 bridgehead atoms. The van der Waals surface area contributed by atoms with Gasteiger partial charge in [-0.15, -0.1) is 0 Å². The number of rotatable bonds is 5. The van der Waals surface area contributed by atoms with Crippen molar-refractivity contribution in [2.45, 2.75) is 46.7 Å². The summed E-state index contributed by atoms with van der Waals surface area (Å²) in [5.41, 5.74) is 6.80. The van der Waals surface area contributed by atoms with E-state index in [0.29, 0.717) is 6.04 Å². The van der Waals surface area contributed by atoms with Crippen LogP contribution in [0.15, 0.2) is 36.4 Å². The van der Waals surface area contributed by atoms with Gasteiger partial charge in [0, 0.05) is 17.6 Å². The molecule has 2 heteroatoms. The highest BCUT2D eigenvalue weighted by atomic mass is 35.5. The average molecular weight is 302 g/mol. The Balaban J connectivity index is 1.93. The minimum atomic E-state index is 0.437. The number of halogens is 1. The van der Waals surface area contributed by atoms with E-state index in [1.165, 1.54) is 27.8 Å². The Kier molecular flexibility index (Phi) is 5.44. The van der Waals surface area contributed by atoms with Crippen molar-refractivity contribution in [3.63, 3.8) is 0 Å². The molecule has 21 heavy (non-hydrogen) atoms. The lowest BCUT2D eigenvalue weighted by Crippen LogP contribution is -2.27. The predicted molar refractivity (Wildman–Crippen MR) is 92.1 cm³/mol. The first-order valence-electron chi connectivity index (χ1n) is 7.50. The molecule has 0 aromatic heterocycles. The van der Waals surface area contributed by atoms with E-state index in [1.54, 1.807) is 0 Å². The first-order chi connectivity index (χ1) is 9.95. The maximum atomic E-state index is 5.92. The topological polar surface area (TPSA) is 12.0 Å². The summed E-state index contributed by atoms with van der Waals surface area (Å²) in [4.78, 5) is 0. The van der Waals surface area contributed by atoms with E-state index < -0.39 is 0 Å². The summed E-state index contributed by atoms with van der Waals surface area (Å²) in [7, 11) is 0. The molecule has 0 saturated heterocycles. The Morgan fingerprint density at radius 1 is 0.952 bits per heavy atom.